The highest BCUT2D eigenvalue weighted by Crippen LogP contribution is 2.27. The fourth-order valence-corrected chi connectivity index (χ4v) is 1.74. The van der Waals surface area contributed by atoms with Gasteiger partial charge in [-0.15, -0.1) is 0 Å². The fourth-order valence-electron chi connectivity index (χ4n) is 1.23. The largest absolute Gasteiger partial charge is 0.451 e. The van der Waals surface area contributed by atoms with Gasteiger partial charge in [-0.05, 0) is 52.9 Å². The van der Waals surface area contributed by atoms with Gasteiger partial charge in [0.15, 0.2) is 17.4 Å². The standard InChI is InChI=1S/C12H7F2IO/c13-10-5-2-6-11(14)12(10)16-9-4-1-3-8(15)7-9/h1-7H. The van der Waals surface area contributed by atoms with Gasteiger partial charge >= 0.3 is 0 Å². The molecule has 0 saturated heterocycles. The first-order valence-electron chi connectivity index (χ1n) is 4.54. The summed E-state index contributed by atoms with van der Waals surface area (Å²) >= 11 is 2.10. The summed E-state index contributed by atoms with van der Waals surface area (Å²) in [5, 5.41) is 0. The van der Waals surface area contributed by atoms with Gasteiger partial charge in [-0.3, -0.25) is 0 Å². The van der Waals surface area contributed by atoms with Gasteiger partial charge < -0.3 is 4.74 Å². The third-order valence-electron chi connectivity index (χ3n) is 1.93. The number of para-hydroxylation sites is 1. The van der Waals surface area contributed by atoms with Gasteiger partial charge in [-0.25, -0.2) is 8.78 Å². The first kappa shape index (κ1) is 11.3. The van der Waals surface area contributed by atoms with Crippen molar-refractivity contribution in [2.24, 2.45) is 0 Å². The number of halogens is 3. The second kappa shape index (κ2) is 4.78. The van der Waals surface area contributed by atoms with E-state index in [0.29, 0.717) is 5.75 Å². The van der Waals surface area contributed by atoms with Crippen LogP contribution < -0.4 is 4.74 Å². The summed E-state index contributed by atoms with van der Waals surface area (Å²) in [7, 11) is 0. The third kappa shape index (κ3) is 2.49. The van der Waals surface area contributed by atoms with E-state index in [4.69, 9.17) is 4.74 Å². The van der Waals surface area contributed by atoms with Crippen LogP contribution in [-0.4, -0.2) is 0 Å². The molecule has 0 N–H and O–H groups in total. The Balaban J connectivity index is 2.34. The average molecular weight is 332 g/mol. The van der Waals surface area contributed by atoms with E-state index in [1.54, 1.807) is 18.2 Å². The molecule has 0 spiro atoms. The highest BCUT2D eigenvalue weighted by molar-refractivity contribution is 14.1. The Hall–Kier alpha value is -1.17. The molecule has 0 radical (unpaired) electrons. The summed E-state index contributed by atoms with van der Waals surface area (Å²) in [5.41, 5.74) is 0. The Morgan fingerprint density at radius 1 is 0.938 bits per heavy atom. The second-order valence-corrected chi connectivity index (χ2v) is 4.36. The molecule has 0 amide bonds. The zero-order valence-electron chi connectivity index (χ0n) is 8.08. The predicted molar refractivity (Wildman–Crippen MR) is 65.6 cm³/mol. The van der Waals surface area contributed by atoms with E-state index in [9.17, 15) is 8.78 Å². The average Bonchev–Trinajstić information content (AvgIpc) is 2.24. The minimum atomic E-state index is -0.709. The molecule has 0 aliphatic heterocycles. The van der Waals surface area contributed by atoms with Crippen LogP contribution in [0.3, 0.4) is 0 Å². The van der Waals surface area contributed by atoms with Crippen LogP contribution in [0.4, 0.5) is 8.78 Å². The molecule has 0 aliphatic carbocycles. The molecular weight excluding hydrogens is 325 g/mol. The SMILES string of the molecule is Fc1cccc(F)c1Oc1cccc(I)c1. The van der Waals surface area contributed by atoms with Gasteiger partial charge in [-0.1, -0.05) is 12.1 Å². The lowest BCUT2D eigenvalue weighted by Gasteiger charge is -2.07. The fraction of sp³-hybridized carbons (Fsp3) is 0. The van der Waals surface area contributed by atoms with Gasteiger partial charge in [0.05, 0.1) is 0 Å². The van der Waals surface area contributed by atoms with E-state index in [0.717, 1.165) is 15.7 Å². The highest BCUT2D eigenvalue weighted by Gasteiger charge is 2.10. The summed E-state index contributed by atoms with van der Waals surface area (Å²) in [6.07, 6.45) is 0. The minimum absolute atomic E-state index is 0.371. The van der Waals surface area contributed by atoms with Crippen LogP contribution in [0.1, 0.15) is 0 Å². The quantitative estimate of drug-likeness (QED) is 0.743. The molecule has 2 aromatic rings. The molecule has 2 aromatic carbocycles. The molecule has 4 heteroatoms. The molecule has 0 aromatic heterocycles. The van der Waals surface area contributed by atoms with Crippen LogP contribution in [0.15, 0.2) is 42.5 Å². The highest BCUT2D eigenvalue weighted by atomic mass is 127. The van der Waals surface area contributed by atoms with Gasteiger partial charge in [0, 0.05) is 3.57 Å². The zero-order chi connectivity index (χ0) is 11.5. The van der Waals surface area contributed by atoms with Crippen LogP contribution in [0.5, 0.6) is 11.5 Å². The first-order valence-corrected chi connectivity index (χ1v) is 5.62. The van der Waals surface area contributed by atoms with E-state index < -0.39 is 11.6 Å². The van der Waals surface area contributed by atoms with E-state index in [1.807, 2.05) is 6.07 Å². The Morgan fingerprint density at radius 3 is 2.19 bits per heavy atom. The van der Waals surface area contributed by atoms with Crippen molar-refractivity contribution in [2.45, 2.75) is 0 Å². The van der Waals surface area contributed by atoms with E-state index in [1.165, 1.54) is 6.07 Å². The molecule has 0 heterocycles. The summed E-state index contributed by atoms with van der Waals surface area (Å²) in [6, 6.07) is 10.6. The maximum atomic E-state index is 13.3. The third-order valence-corrected chi connectivity index (χ3v) is 2.61. The van der Waals surface area contributed by atoms with Crippen molar-refractivity contribution in [3.05, 3.63) is 57.7 Å². The second-order valence-electron chi connectivity index (χ2n) is 3.11. The maximum absolute atomic E-state index is 13.3. The first-order chi connectivity index (χ1) is 7.66. The Kier molecular flexibility index (Phi) is 3.38. The molecule has 0 saturated carbocycles. The molecule has 82 valence electrons. The van der Waals surface area contributed by atoms with Gasteiger partial charge in [-0.2, -0.15) is 0 Å². The molecule has 1 nitrogen and oxygen atoms in total. The van der Waals surface area contributed by atoms with Crippen molar-refractivity contribution in [3.8, 4) is 11.5 Å². The van der Waals surface area contributed by atoms with Crippen molar-refractivity contribution in [2.75, 3.05) is 0 Å². The summed E-state index contributed by atoms with van der Waals surface area (Å²) in [4.78, 5) is 0. The number of hydrogen-bond donors (Lipinski definition) is 0. The molecule has 0 atom stereocenters. The monoisotopic (exact) mass is 332 g/mol. The molecule has 0 fully saturated rings. The van der Waals surface area contributed by atoms with Crippen LogP contribution in [0, 0.1) is 15.2 Å². The van der Waals surface area contributed by atoms with Crippen LogP contribution in [0.25, 0.3) is 0 Å². The van der Waals surface area contributed by atoms with Crippen molar-refractivity contribution < 1.29 is 13.5 Å². The lowest BCUT2D eigenvalue weighted by atomic mass is 10.3. The number of ether oxygens (including phenoxy) is 1. The maximum Gasteiger partial charge on any atom is 0.198 e. The summed E-state index contributed by atoms with van der Waals surface area (Å²) in [6.45, 7) is 0. The lowest BCUT2D eigenvalue weighted by Crippen LogP contribution is -1.92. The molecular formula is C12H7F2IO. The van der Waals surface area contributed by atoms with Crippen molar-refractivity contribution in [1.29, 1.82) is 0 Å². The zero-order valence-corrected chi connectivity index (χ0v) is 10.2. The van der Waals surface area contributed by atoms with E-state index >= 15 is 0 Å². The smallest absolute Gasteiger partial charge is 0.198 e. The van der Waals surface area contributed by atoms with Gasteiger partial charge in [0.2, 0.25) is 0 Å². The molecule has 2 rings (SSSR count). The number of benzene rings is 2. The Bertz CT molecular complexity index is 494. The minimum Gasteiger partial charge on any atom is -0.451 e. The van der Waals surface area contributed by atoms with Crippen molar-refractivity contribution >= 4 is 22.6 Å². The Labute approximate surface area is 105 Å². The van der Waals surface area contributed by atoms with Crippen LogP contribution >= 0.6 is 22.6 Å². The van der Waals surface area contributed by atoms with Crippen molar-refractivity contribution in [1.82, 2.24) is 0 Å². The van der Waals surface area contributed by atoms with Crippen LogP contribution in [0.2, 0.25) is 0 Å². The summed E-state index contributed by atoms with van der Waals surface area (Å²) < 4.78 is 32.6. The topological polar surface area (TPSA) is 9.23 Å². The predicted octanol–water partition coefficient (Wildman–Crippen LogP) is 4.36. The van der Waals surface area contributed by atoms with E-state index in [-0.39, 0.29) is 5.75 Å². The number of rotatable bonds is 2. The molecule has 0 unspecified atom stereocenters. The molecule has 16 heavy (non-hydrogen) atoms. The lowest BCUT2D eigenvalue weighted by molar-refractivity contribution is 0.407. The molecule has 0 bridgehead atoms. The van der Waals surface area contributed by atoms with Crippen LogP contribution in [-0.2, 0) is 0 Å². The van der Waals surface area contributed by atoms with Crippen molar-refractivity contribution in [3.63, 3.8) is 0 Å². The van der Waals surface area contributed by atoms with Gasteiger partial charge in [0.1, 0.15) is 5.75 Å². The normalized spacial score (nSPS) is 10.2. The Morgan fingerprint density at radius 2 is 1.56 bits per heavy atom. The number of hydrogen-bond acceptors (Lipinski definition) is 1. The van der Waals surface area contributed by atoms with Gasteiger partial charge in [0.25, 0.3) is 0 Å². The molecule has 0 aliphatic rings. The van der Waals surface area contributed by atoms with E-state index in [2.05, 4.69) is 22.6 Å². The summed E-state index contributed by atoms with van der Waals surface area (Å²) in [5.74, 6) is -1.38.